The summed E-state index contributed by atoms with van der Waals surface area (Å²) < 4.78 is 28.1. The summed E-state index contributed by atoms with van der Waals surface area (Å²) in [6.45, 7) is 1.87. The van der Waals surface area contributed by atoms with Gasteiger partial charge in [0.15, 0.2) is 0 Å². The van der Waals surface area contributed by atoms with E-state index in [0.29, 0.717) is 16.8 Å². The summed E-state index contributed by atoms with van der Waals surface area (Å²) in [6.07, 6.45) is 1.32. The Hall–Kier alpha value is -3.17. The number of aryl methyl sites for hydroxylation is 1. The van der Waals surface area contributed by atoms with Crippen molar-refractivity contribution in [3.63, 3.8) is 0 Å². The van der Waals surface area contributed by atoms with Gasteiger partial charge in [0.25, 0.3) is 15.9 Å². The zero-order valence-electron chi connectivity index (χ0n) is 15.8. The van der Waals surface area contributed by atoms with Crippen LogP contribution in [0.3, 0.4) is 0 Å². The molecule has 0 aromatic heterocycles. The van der Waals surface area contributed by atoms with Gasteiger partial charge in [-0.25, -0.2) is 13.8 Å². The smallest absolute Gasteiger partial charge is 0.271 e. The van der Waals surface area contributed by atoms with Crippen molar-refractivity contribution in [1.29, 1.82) is 0 Å². The molecule has 0 unspecified atom stereocenters. The van der Waals surface area contributed by atoms with Crippen molar-refractivity contribution in [3.05, 3.63) is 87.9 Å². The second-order valence-electron chi connectivity index (χ2n) is 6.40. The van der Waals surface area contributed by atoms with Crippen LogP contribution in [0, 0.1) is 6.92 Å². The van der Waals surface area contributed by atoms with Crippen LogP contribution in [-0.2, 0) is 10.0 Å². The maximum absolute atomic E-state index is 12.4. The van der Waals surface area contributed by atoms with Crippen molar-refractivity contribution in [2.45, 2.75) is 11.8 Å². The van der Waals surface area contributed by atoms with Crippen molar-refractivity contribution in [2.24, 2.45) is 5.10 Å². The fourth-order valence-corrected chi connectivity index (χ4v) is 3.91. The Kier molecular flexibility index (Phi) is 6.53. The largest absolute Gasteiger partial charge is 0.507 e. The second-order valence-corrected chi connectivity index (χ2v) is 9.00. The van der Waals surface area contributed by atoms with Crippen LogP contribution in [0.4, 0.5) is 5.69 Å². The first-order chi connectivity index (χ1) is 14.2. The average Bonchev–Trinajstić information content (AvgIpc) is 2.71. The number of sulfonamides is 1. The average molecular weight is 488 g/mol. The molecule has 0 bridgehead atoms. The third kappa shape index (κ3) is 5.46. The van der Waals surface area contributed by atoms with Crippen LogP contribution in [0.1, 0.15) is 21.5 Å². The molecule has 3 rings (SSSR count). The van der Waals surface area contributed by atoms with Crippen LogP contribution < -0.4 is 10.1 Å². The van der Waals surface area contributed by atoms with E-state index in [1.807, 2.05) is 6.92 Å². The van der Waals surface area contributed by atoms with Crippen molar-refractivity contribution in [3.8, 4) is 5.75 Å². The number of aromatic hydroxyl groups is 1. The van der Waals surface area contributed by atoms with E-state index in [-0.39, 0.29) is 10.6 Å². The van der Waals surface area contributed by atoms with E-state index in [1.54, 1.807) is 24.3 Å². The minimum Gasteiger partial charge on any atom is -0.507 e. The van der Waals surface area contributed by atoms with E-state index in [4.69, 9.17) is 0 Å². The highest BCUT2D eigenvalue weighted by molar-refractivity contribution is 9.10. The van der Waals surface area contributed by atoms with Crippen LogP contribution in [0.5, 0.6) is 5.75 Å². The van der Waals surface area contributed by atoms with Gasteiger partial charge in [0.2, 0.25) is 0 Å². The maximum Gasteiger partial charge on any atom is 0.271 e. The Labute approximate surface area is 182 Å². The van der Waals surface area contributed by atoms with Crippen LogP contribution >= 0.6 is 15.9 Å². The van der Waals surface area contributed by atoms with E-state index in [2.05, 4.69) is 31.2 Å². The summed E-state index contributed by atoms with van der Waals surface area (Å²) >= 11 is 3.29. The molecule has 0 heterocycles. The number of carbonyl (C=O) groups is 1. The Morgan fingerprint density at radius 2 is 1.70 bits per heavy atom. The number of nitrogens with zero attached hydrogens (tertiary/aromatic N) is 1. The van der Waals surface area contributed by atoms with Gasteiger partial charge in [0.1, 0.15) is 5.75 Å². The number of halogens is 1. The van der Waals surface area contributed by atoms with Gasteiger partial charge in [-0.2, -0.15) is 5.10 Å². The molecule has 0 spiro atoms. The van der Waals surface area contributed by atoms with Gasteiger partial charge in [0, 0.05) is 21.3 Å². The molecule has 0 aliphatic rings. The van der Waals surface area contributed by atoms with Gasteiger partial charge in [-0.1, -0.05) is 33.6 Å². The molecule has 0 aliphatic heterocycles. The number of anilines is 1. The Balaban J connectivity index is 1.64. The highest BCUT2D eigenvalue weighted by atomic mass is 79.9. The first-order valence-electron chi connectivity index (χ1n) is 8.76. The number of nitrogens with one attached hydrogen (secondary N) is 2. The summed E-state index contributed by atoms with van der Waals surface area (Å²) in [5.74, 6) is -0.449. The van der Waals surface area contributed by atoms with Crippen LogP contribution in [0.15, 0.2) is 81.2 Å². The lowest BCUT2D eigenvalue weighted by atomic mass is 10.2. The molecule has 3 aromatic rings. The maximum atomic E-state index is 12.4. The number of hydrogen-bond donors (Lipinski definition) is 3. The molecule has 3 aromatic carbocycles. The third-order valence-electron chi connectivity index (χ3n) is 4.09. The quantitative estimate of drug-likeness (QED) is 0.360. The minimum absolute atomic E-state index is 0.0291. The molecule has 0 aliphatic carbocycles. The SMILES string of the molecule is Cc1ccc(S(=O)(=O)Nc2ccc(C(=O)NN=Cc3cc(Br)ccc3O)cc2)cc1. The summed E-state index contributed by atoms with van der Waals surface area (Å²) in [5, 5.41) is 13.6. The van der Waals surface area contributed by atoms with E-state index in [1.165, 1.54) is 48.7 Å². The predicted octanol–water partition coefficient (Wildman–Crippen LogP) is 4.03. The van der Waals surface area contributed by atoms with Crippen molar-refractivity contribution >= 4 is 43.8 Å². The van der Waals surface area contributed by atoms with Crippen LogP contribution in [0.2, 0.25) is 0 Å². The highest BCUT2D eigenvalue weighted by Crippen LogP contribution is 2.20. The number of benzene rings is 3. The first-order valence-corrected chi connectivity index (χ1v) is 11.0. The lowest BCUT2D eigenvalue weighted by molar-refractivity contribution is 0.0955. The Morgan fingerprint density at radius 3 is 2.37 bits per heavy atom. The zero-order valence-corrected chi connectivity index (χ0v) is 18.2. The van der Waals surface area contributed by atoms with Gasteiger partial charge in [-0.15, -0.1) is 0 Å². The minimum atomic E-state index is -3.72. The van der Waals surface area contributed by atoms with Gasteiger partial charge in [0.05, 0.1) is 11.1 Å². The topological polar surface area (TPSA) is 108 Å². The molecule has 0 radical (unpaired) electrons. The lowest BCUT2D eigenvalue weighted by Gasteiger charge is -2.09. The molecule has 154 valence electrons. The number of phenols is 1. The van der Waals surface area contributed by atoms with Gasteiger partial charge < -0.3 is 5.11 Å². The summed E-state index contributed by atoms with van der Waals surface area (Å²) in [5.41, 5.74) is 4.38. The molecule has 7 nitrogen and oxygen atoms in total. The van der Waals surface area contributed by atoms with Crippen molar-refractivity contribution in [2.75, 3.05) is 4.72 Å². The van der Waals surface area contributed by atoms with Crippen molar-refractivity contribution < 1.29 is 18.3 Å². The third-order valence-corrected chi connectivity index (χ3v) is 5.98. The van der Waals surface area contributed by atoms with Crippen LogP contribution in [0.25, 0.3) is 0 Å². The van der Waals surface area contributed by atoms with Gasteiger partial charge >= 0.3 is 0 Å². The van der Waals surface area contributed by atoms with E-state index >= 15 is 0 Å². The molecule has 30 heavy (non-hydrogen) atoms. The van der Waals surface area contributed by atoms with Gasteiger partial charge in [-0.05, 0) is 61.5 Å². The van der Waals surface area contributed by atoms with E-state index in [0.717, 1.165) is 10.0 Å². The van der Waals surface area contributed by atoms with Gasteiger partial charge in [-0.3, -0.25) is 9.52 Å². The normalized spacial score (nSPS) is 11.4. The molecule has 0 atom stereocenters. The molecule has 9 heteroatoms. The Bertz CT molecular complexity index is 1190. The first kappa shape index (κ1) is 21.5. The van der Waals surface area contributed by atoms with E-state index < -0.39 is 15.9 Å². The Morgan fingerprint density at radius 1 is 1.03 bits per heavy atom. The van der Waals surface area contributed by atoms with Crippen LogP contribution in [-0.4, -0.2) is 25.6 Å². The fourth-order valence-electron chi connectivity index (χ4n) is 2.47. The molecule has 3 N–H and O–H groups in total. The second kappa shape index (κ2) is 9.10. The number of amides is 1. The molecular formula is C21H18BrN3O4S. The molecule has 0 fully saturated rings. The number of phenolic OH excluding ortho intramolecular Hbond substituents is 1. The molecular weight excluding hydrogens is 470 g/mol. The predicted molar refractivity (Wildman–Crippen MR) is 119 cm³/mol. The number of carbonyl (C=O) groups excluding carboxylic acids is 1. The number of hydrazone groups is 1. The van der Waals surface area contributed by atoms with Crippen molar-refractivity contribution in [1.82, 2.24) is 5.43 Å². The summed E-state index contributed by atoms with van der Waals surface area (Å²) in [4.78, 5) is 12.4. The molecule has 0 saturated carbocycles. The zero-order chi connectivity index (χ0) is 21.7. The summed E-state index contributed by atoms with van der Waals surface area (Å²) in [7, 11) is -3.72. The lowest BCUT2D eigenvalue weighted by Crippen LogP contribution is -2.18. The standard InChI is InChI=1S/C21H18BrN3O4S/c1-14-2-9-19(10-3-14)30(28,29)25-18-7-4-15(5-8-18)21(27)24-23-13-16-12-17(22)6-11-20(16)26/h2-13,25-26H,1H3,(H,24,27). The summed E-state index contributed by atoms with van der Waals surface area (Å²) in [6, 6.07) is 17.3. The fraction of sp³-hybridized carbons (Fsp3) is 0.0476. The number of rotatable bonds is 6. The van der Waals surface area contributed by atoms with E-state index in [9.17, 15) is 18.3 Å². The monoisotopic (exact) mass is 487 g/mol. The number of hydrogen-bond acceptors (Lipinski definition) is 5. The molecule has 0 saturated heterocycles. The molecule has 1 amide bonds. The highest BCUT2D eigenvalue weighted by Gasteiger charge is 2.14.